The number of benzene rings is 3. The maximum atomic E-state index is 15.0. The number of aliphatic hydroxyl groups is 2. The van der Waals surface area contributed by atoms with Crippen molar-refractivity contribution >= 4 is 17.9 Å². The first-order chi connectivity index (χ1) is 29.8. The highest BCUT2D eigenvalue weighted by Gasteiger charge is 2.65. The van der Waals surface area contributed by atoms with E-state index in [1.807, 2.05) is 29.2 Å². The monoisotopic (exact) mass is 836 g/mol. The zero-order valence-corrected chi connectivity index (χ0v) is 35.4. The highest BCUT2D eigenvalue weighted by Crippen LogP contribution is 2.62. The first kappa shape index (κ1) is 44.2. The third-order valence-corrected chi connectivity index (χ3v) is 13.3. The lowest BCUT2D eigenvalue weighted by molar-refractivity contribution is -0.258. The van der Waals surface area contributed by atoms with Gasteiger partial charge >= 0.3 is 0 Å². The molecular formula is C50H61FN2O8. The Labute approximate surface area is 359 Å². The van der Waals surface area contributed by atoms with Crippen molar-refractivity contribution in [1.29, 1.82) is 0 Å². The summed E-state index contributed by atoms with van der Waals surface area (Å²) in [6, 6.07) is 18.4. The van der Waals surface area contributed by atoms with Gasteiger partial charge in [-0.1, -0.05) is 80.1 Å². The Bertz CT molecular complexity index is 2030. The largest absolute Gasteiger partial charge is 0.459 e. The number of carbonyl (C=O) groups excluding carboxylic acids is 2. The molecule has 326 valence electrons. The van der Waals surface area contributed by atoms with E-state index in [-0.39, 0.29) is 62.3 Å². The van der Waals surface area contributed by atoms with Gasteiger partial charge in [0.1, 0.15) is 42.5 Å². The molecule has 7 rings (SSSR count). The minimum absolute atomic E-state index is 0.0311. The Hall–Kier alpha value is -4.84. The molecule has 6 atom stereocenters. The molecule has 6 unspecified atom stereocenters. The molecule has 1 amide bonds. The lowest BCUT2D eigenvalue weighted by atomic mass is 9.55. The number of aldehydes is 1. The summed E-state index contributed by atoms with van der Waals surface area (Å²) in [7, 11) is 1.54. The van der Waals surface area contributed by atoms with E-state index in [0.717, 1.165) is 67.9 Å². The molecule has 2 saturated carbocycles. The number of amides is 1. The van der Waals surface area contributed by atoms with Crippen LogP contribution < -0.4 is 9.47 Å². The van der Waals surface area contributed by atoms with Gasteiger partial charge in [0.05, 0.1) is 18.2 Å². The third kappa shape index (κ3) is 9.95. The predicted octanol–water partition coefficient (Wildman–Crippen LogP) is 9.69. The van der Waals surface area contributed by atoms with E-state index in [0.29, 0.717) is 53.7 Å². The van der Waals surface area contributed by atoms with Crippen LogP contribution in [-0.2, 0) is 20.9 Å². The molecule has 0 aromatic heterocycles. The Balaban J connectivity index is 1.42. The minimum atomic E-state index is -1.42. The lowest BCUT2D eigenvalue weighted by Crippen LogP contribution is -2.70. The van der Waals surface area contributed by atoms with Gasteiger partial charge in [0, 0.05) is 49.6 Å². The smallest absolute Gasteiger partial charge is 0.239 e. The molecule has 1 aliphatic heterocycles. The van der Waals surface area contributed by atoms with Gasteiger partial charge in [-0.15, -0.1) is 6.58 Å². The van der Waals surface area contributed by atoms with Crippen molar-refractivity contribution in [2.24, 2.45) is 28.8 Å². The standard InChI is InChI=1S/C50H61FN2O8/c1-3-27-59-50-46(53(32-35-17-20-38(51)21-18-35)47(57)24-19-34-11-4-5-12-34)31-44(52-58-2)42-29-37(14-6-8-25-54)41(16-7-9-26-55)48(49(42)50)43-30-40(22-23-45(43)61-50)60-39-15-10-13-36(28-39)33-56/h3,10,13,15,17-18,20-23,28-30,33-34,37,41,46,48-49,54-55H,1,4-9,11-12,14,16,19,24-27,31-32H2,2H3. The number of allylic oxidation sites excluding steroid dienone is 1. The van der Waals surface area contributed by atoms with Gasteiger partial charge in [-0.05, 0) is 103 Å². The summed E-state index contributed by atoms with van der Waals surface area (Å²) in [5.74, 6) is -0.207. The molecule has 3 aromatic carbocycles. The molecule has 11 heteroatoms. The van der Waals surface area contributed by atoms with Gasteiger partial charge in [0.15, 0.2) is 0 Å². The van der Waals surface area contributed by atoms with Crippen LogP contribution in [0.15, 0.2) is 96.2 Å². The number of oxime groups is 1. The summed E-state index contributed by atoms with van der Waals surface area (Å²) in [4.78, 5) is 34.1. The molecule has 0 radical (unpaired) electrons. The van der Waals surface area contributed by atoms with Crippen LogP contribution in [-0.4, -0.2) is 71.8 Å². The van der Waals surface area contributed by atoms with E-state index in [4.69, 9.17) is 24.2 Å². The normalized spacial score (nSPS) is 24.9. The van der Waals surface area contributed by atoms with Crippen LogP contribution in [0.1, 0.15) is 111 Å². The highest BCUT2D eigenvalue weighted by molar-refractivity contribution is 6.03. The van der Waals surface area contributed by atoms with E-state index >= 15 is 0 Å². The second-order valence-electron chi connectivity index (χ2n) is 17.1. The van der Waals surface area contributed by atoms with Crippen LogP contribution in [0.4, 0.5) is 4.39 Å². The number of hydrogen-bond acceptors (Lipinski definition) is 9. The number of fused-ring (bicyclic) bond motifs is 2. The summed E-state index contributed by atoms with van der Waals surface area (Å²) in [6.45, 7) is 4.57. The van der Waals surface area contributed by atoms with Gasteiger partial charge in [-0.2, -0.15) is 0 Å². The van der Waals surface area contributed by atoms with Crippen molar-refractivity contribution in [3.8, 4) is 17.2 Å². The molecule has 0 saturated heterocycles. The molecule has 0 bridgehead atoms. The molecule has 3 aliphatic carbocycles. The molecular weight excluding hydrogens is 776 g/mol. The second-order valence-corrected chi connectivity index (χ2v) is 17.1. The van der Waals surface area contributed by atoms with Crippen molar-refractivity contribution in [3.63, 3.8) is 0 Å². The lowest BCUT2D eigenvalue weighted by Gasteiger charge is -2.60. The van der Waals surface area contributed by atoms with E-state index in [2.05, 4.69) is 12.7 Å². The summed E-state index contributed by atoms with van der Waals surface area (Å²) < 4.78 is 35.2. The van der Waals surface area contributed by atoms with E-state index in [1.165, 1.54) is 32.1 Å². The summed E-state index contributed by atoms with van der Waals surface area (Å²) in [5.41, 5.74) is 3.85. The van der Waals surface area contributed by atoms with Gasteiger partial charge in [-0.25, -0.2) is 4.39 Å². The van der Waals surface area contributed by atoms with Crippen molar-refractivity contribution in [1.82, 2.24) is 4.90 Å². The first-order valence-corrected chi connectivity index (χ1v) is 22.2. The Morgan fingerprint density at radius 1 is 0.984 bits per heavy atom. The quantitative estimate of drug-likeness (QED) is 0.0470. The van der Waals surface area contributed by atoms with Crippen LogP contribution in [0.5, 0.6) is 17.2 Å². The fraction of sp³-hybridized carbons (Fsp3) is 0.500. The fourth-order valence-electron chi connectivity index (χ4n) is 10.5. The molecule has 2 N–H and O–H groups in total. The Kier molecular flexibility index (Phi) is 15.1. The van der Waals surface area contributed by atoms with Gasteiger partial charge in [0.25, 0.3) is 0 Å². The van der Waals surface area contributed by atoms with Crippen LogP contribution in [0.3, 0.4) is 0 Å². The molecule has 1 heterocycles. The highest BCUT2D eigenvalue weighted by atomic mass is 19.1. The number of aliphatic hydroxyl groups excluding tert-OH is 2. The minimum Gasteiger partial charge on any atom is -0.459 e. The molecule has 2 fully saturated rings. The molecule has 10 nitrogen and oxygen atoms in total. The predicted molar refractivity (Wildman–Crippen MR) is 232 cm³/mol. The number of rotatable bonds is 21. The Morgan fingerprint density at radius 2 is 1.74 bits per heavy atom. The number of carbonyl (C=O) groups is 2. The van der Waals surface area contributed by atoms with Crippen LogP contribution >= 0.6 is 0 Å². The topological polar surface area (TPSA) is 127 Å². The molecule has 61 heavy (non-hydrogen) atoms. The van der Waals surface area contributed by atoms with Crippen LogP contribution in [0, 0.1) is 29.5 Å². The molecule has 4 aliphatic rings. The van der Waals surface area contributed by atoms with Crippen LogP contribution in [0.2, 0.25) is 0 Å². The number of unbranched alkanes of at least 4 members (excludes halogenated alkanes) is 2. The fourth-order valence-corrected chi connectivity index (χ4v) is 10.5. The van der Waals surface area contributed by atoms with Gasteiger partial charge < -0.3 is 34.2 Å². The summed E-state index contributed by atoms with van der Waals surface area (Å²) in [5, 5.41) is 24.5. The van der Waals surface area contributed by atoms with E-state index in [9.17, 15) is 24.2 Å². The SMILES string of the molecule is C=CCOC12Oc3ccc(Oc4cccc(C=O)c4)cc3C3C(CCCCO)C(CCCCO)C=C(C(=NOC)CC1N(Cc1ccc(F)cc1)C(=O)CCC1CCCC1)C32. The maximum absolute atomic E-state index is 15.0. The molecule has 0 spiro atoms. The van der Waals surface area contributed by atoms with Crippen molar-refractivity contribution in [3.05, 3.63) is 114 Å². The van der Waals surface area contributed by atoms with Gasteiger partial charge in [0.2, 0.25) is 11.7 Å². The third-order valence-electron chi connectivity index (χ3n) is 13.3. The van der Waals surface area contributed by atoms with Crippen molar-refractivity contribution in [2.75, 3.05) is 26.9 Å². The number of ether oxygens (including phenoxy) is 3. The average molecular weight is 837 g/mol. The maximum Gasteiger partial charge on any atom is 0.239 e. The van der Waals surface area contributed by atoms with E-state index in [1.54, 1.807) is 36.4 Å². The zero-order valence-electron chi connectivity index (χ0n) is 35.4. The zero-order chi connectivity index (χ0) is 42.8. The second kappa shape index (κ2) is 20.8. The summed E-state index contributed by atoms with van der Waals surface area (Å²) in [6.07, 6.45) is 15.4. The van der Waals surface area contributed by atoms with Crippen LogP contribution in [0.25, 0.3) is 0 Å². The summed E-state index contributed by atoms with van der Waals surface area (Å²) >= 11 is 0. The first-order valence-electron chi connectivity index (χ1n) is 22.2. The number of nitrogens with zero attached hydrogens (tertiary/aromatic N) is 2. The number of hydrogen-bond donors (Lipinski definition) is 2. The van der Waals surface area contributed by atoms with Gasteiger partial charge in [-0.3, -0.25) is 9.59 Å². The van der Waals surface area contributed by atoms with Crippen molar-refractivity contribution < 1.29 is 43.2 Å². The number of halogens is 1. The van der Waals surface area contributed by atoms with E-state index < -0.39 is 17.7 Å². The molecule has 3 aromatic rings. The van der Waals surface area contributed by atoms with Crippen molar-refractivity contribution in [2.45, 2.75) is 108 Å². The average Bonchev–Trinajstić information content (AvgIpc) is 3.80. The Morgan fingerprint density at radius 3 is 2.46 bits per heavy atom.